The van der Waals surface area contributed by atoms with Crippen LogP contribution in [-0.4, -0.2) is 6.54 Å². The smallest absolute Gasteiger partial charge is 0.0175 e. The van der Waals surface area contributed by atoms with Gasteiger partial charge in [-0.05, 0) is 54.8 Å². The predicted octanol–water partition coefficient (Wildman–Crippen LogP) is 3.76. The third kappa shape index (κ3) is 2.67. The highest BCUT2D eigenvalue weighted by Gasteiger charge is 2.36. The molecule has 1 nitrogen and oxygen atoms in total. The second-order valence-corrected chi connectivity index (χ2v) is 6.27. The van der Waals surface area contributed by atoms with Crippen LogP contribution in [0, 0.1) is 11.3 Å². The van der Waals surface area contributed by atoms with Gasteiger partial charge in [0, 0.05) is 4.47 Å². The van der Waals surface area contributed by atoms with Crippen molar-refractivity contribution in [3.8, 4) is 0 Å². The summed E-state index contributed by atoms with van der Waals surface area (Å²) < 4.78 is 1.15. The Kier molecular flexibility index (Phi) is 3.70. The topological polar surface area (TPSA) is 26.0 Å². The van der Waals surface area contributed by atoms with Crippen LogP contribution in [0.4, 0.5) is 0 Å². The molecule has 1 aliphatic carbocycles. The third-order valence-corrected chi connectivity index (χ3v) is 4.40. The van der Waals surface area contributed by atoms with Gasteiger partial charge >= 0.3 is 0 Å². The fourth-order valence-corrected chi connectivity index (χ4v) is 3.21. The van der Waals surface area contributed by atoms with Gasteiger partial charge in [-0.3, -0.25) is 0 Å². The highest BCUT2D eigenvalue weighted by molar-refractivity contribution is 9.10. The van der Waals surface area contributed by atoms with E-state index in [-0.39, 0.29) is 0 Å². The molecule has 1 aromatic rings. The lowest BCUT2D eigenvalue weighted by Crippen LogP contribution is -2.30. The average molecular weight is 282 g/mol. The van der Waals surface area contributed by atoms with E-state index in [1.807, 2.05) is 0 Å². The summed E-state index contributed by atoms with van der Waals surface area (Å²) in [4.78, 5) is 0. The van der Waals surface area contributed by atoms with Crippen LogP contribution in [-0.2, 0) is 6.42 Å². The molecule has 2 heteroatoms. The van der Waals surface area contributed by atoms with Crippen molar-refractivity contribution in [2.75, 3.05) is 6.54 Å². The molecule has 2 unspecified atom stereocenters. The van der Waals surface area contributed by atoms with E-state index in [9.17, 15) is 0 Å². The van der Waals surface area contributed by atoms with E-state index in [1.54, 1.807) is 0 Å². The largest absolute Gasteiger partial charge is 0.330 e. The first-order valence-electron chi connectivity index (χ1n) is 6.08. The summed E-state index contributed by atoms with van der Waals surface area (Å²) in [5, 5.41) is 0. The van der Waals surface area contributed by atoms with Crippen molar-refractivity contribution in [2.24, 2.45) is 17.1 Å². The molecule has 0 amide bonds. The van der Waals surface area contributed by atoms with Crippen LogP contribution in [0.3, 0.4) is 0 Å². The number of rotatable bonds is 3. The standard InChI is InChI=1S/C14H20BrN/c1-11-6-7-14(8-11,10-16)9-12-2-4-13(15)5-3-12/h2-5,11H,6-10,16H2,1H3. The molecule has 2 atom stereocenters. The molecule has 1 aliphatic rings. The first kappa shape index (κ1) is 12.1. The second kappa shape index (κ2) is 4.89. The van der Waals surface area contributed by atoms with Gasteiger partial charge in [-0.15, -0.1) is 0 Å². The molecule has 1 fully saturated rings. The van der Waals surface area contributed by atoms with Gasteiger partial charge in [0.05, 0.1) is 0 Å². The van der Waals surface area contributed by atoms with Crippen molar-refractivity contribution in [1.29, 1.82) is 0 Å². The molecule has 88 valence electrons. The lowest BCUT2D eigenvalue weighted by atomic mass is 9.79. The SMILES string of the molecule is CC1CCC(CN)(Cc2ccc(Br)cc2)C1. The summed E-state index contributed by atoms with van der Waals surface area (Å²) in [6.45, 7) is 3.17. The van der Waals surface area contributed by atoms with Crippen molar-refractivity contribution >= 4 is 15.9 Å². The van der Waals surface area contributed by atoms with Crippen LogP contribution in [0.5, 0.6) is 0 Å². The Morgan fingerprint density at radius 1 is 1.38 bits per heavy atom. The normalized spacial score (nSPS) is 29.6. The minimum Gasteiger partial charge on any atom is -0.330 e. The van der Waals surface area contributed by atoms with Crippen molar-refractivity contribution in [3.63, 3.8) is 0 Å². The zero-order valence-electron chi connectivity index (χ0n) is 9.88. The molecule has 0 bridgehead atoms. The van der Waals surface area contributed by atoms with Crippen LogP contribution in [0.2, 0.25) is 0 Å². The van der Waals surface area contributed by atoms with Gasteiger partial charge in [0.15, 0.2) is 0 Å². The van der Waals surface area contributed by atoms with Gasteiger partial charge in [0.2, 0.25) is 0 Å². The molecule has 0 spiro atoms. The van der Waals surface area contributed by atoms with Crippen LogP contribution in [0.25, 0.3) is 0 Å². The van der Waals surface area contributed by atoms with Crippen molar-refractivity contribution < 1.29 is 0 Å². The van der Waals surface area contributed by atoms with E-state index in [0.717, 1.165) is 23.4 Å². The highest BCUT2D eigenvalue weighted by Crippen LogP contribution is 2.43. The first-order valence-corrected chi connectivity index (χ1v) is 6.87. The fourth-order valence-electron chi connectivity index (χ4n) is 2.95. The lowest BCUT2D eigenvalue weighted by molar-refractivity contribution is 0.295. The maximum absolute atomic E-state index is 6.00. The predicted molar refractivity (Wildman–Crippen MR) is 72.3 cm³/mol. The van der Waals surface area contributed by atoms with Crippen molar-refractivity contribution in [3.05, 3.63) is 34.3 Å². The van der Waals surface area contributed by atoms with Gasteiger partial charge < -0.3 is 5.73 Å². The van der Waals surface area contributed by atoms with Gasteiger partial charge in [0.1, 0.15) is 0 Å². The second-order valence-electron chi connectivity index (χ2n) is 5.36. The Balaban J connectivity index is 2.10. The maximum atomic E-state index is 6.00. The molecule has 0 aliphatic heterocycles. The minimum atomic E-state index is 0.368. The van der Waals surface area contributed by atoms with E-state index in [2.05, 4.69) is 47.1 Å². The monoisotopic (exact) mass is 281 g/mol. The molecule has 2 N–H and O–H groups in total. The molecule has 0 aromatic heterocycles. The van der Waals surface area contributed by atoms with E-state index in [4.69, 9.17) is 5.73 Å². The Hall–Kier alpha value is -0.340. The average Bonchev–Trinajstić information content (AvgIpc) is 2.64. The summed E-state index contributed by atoms with van der Waals surface area (Å²) in [7, 11) is 0. The molecule has 2 rings (SSSR count). The molecule has 16 heavy (non-hydrogen) atoms. The van der Waals surface area contributed by atoms with Gasteiger partial charge in [-0.2, -0.15) is 0 Å². The van der Waals surface area contributed by atoms with Crippen LogP contribution >= 0.6 is 15.9 Å². The first-order chi connectivity index (χ1) is 7.63. The summed E-state index contributed by atoms with van der Waals surface area (Å²) in [6, 6.07) is 8.67. The molecular weight excluding hydrogens is 262 g/mol. The molecule has 0 heterocycles. The Morgan fingerprint density at radius 3 is 2.56 bits per heavy atom. The molecule has 0 saturated heterocycles. The number of nitrogens with two attached hydrogens (primary N) is 1. The van der Waals surface area contributed by atoms with Crippen LogP contribution in [0.15, 0.2) is 28.7 Å². The third-order valence-electron chi connectivity index (χ3n) is 3.87. The van der Waals surface area contributed by atoms with Gasteiger partial charge in [0.25, 0.3) is 0 Å². The number of hydrogen-bond acceptors (Lipinski definition) is 1. The lowest BCUT2D eigenvalue weighted by Gasteiger charge is -2.27. The number of halogens is 1. The van der Waals surface area contributed by atoms with Crippen molar-refractivity contribution in [2.45, 2.75) is 32.6 Å². The maximum Gasteiger partial charge on any atom is 0.0175 e. The summed E-state index contributed by atoms with van der Waals surface area (Å²) in [5.74, 6) is 0.846. The number of benzene rings is 1. The van der Waals surface area contributed by atoms with E-state index >= 15 is 0 Å². The van der Waals surface area contributed by atoms with Gasteiger partial charge in [-0.1, -0.05) is 41.4 Å². The summed E-state index contributed by atoms with van der Waals surface area (Å²) in [5.41, 5.74) is 7.79. The molecular formula is C14H20BrN. The number of hydrogen-bond donors (Lipinski definition) is 1. The van der Waals surface area contributed by atoms with E-state index < -0.39 is 0 Å². The minimum absolute atomic E-state index is 0.368. The van der Waals surface area contributed by atoms with E-state index in [1.165, 1.54) is 24.8 Å². The van der Waals surface area contributed by atoms with Crippen LogP contribution in [0.1, 0.15) is 31.7 Å². The van der Waals surface area contributed by atoms with Crippen molar-refractivity contribution in [1.82, 2.24) is 0 Å². The molecule has 1 aromatic carbocycles. The fraction of sp³-hybridized carbons (Fsp3) is 0.571. The zero-order chi connectivity index (χ0) is 11.6. The highest BCUT2D eigenvalue weighted by atomic mass is 79.9. The van der Waals surface area contributed by atoms with Crippen LogP contribution < -0.4 is 5.73 Å². The zero-order valence-corrected chi connectivity index (χ0v) is 11.5. The summed E-state index contributed by atoms with van der Waals surface area (Å²) >= 11 is 3.47. The Labute approximate surface area is 107 Å². The Bertz CT molecular complexity index is 346. The Morgan fingerprint density at radius 2 is 2.06 bits per heavy atom. The molecule has 0 radical (unpaired) electrons. The summed E-state index contributed by atoms with van der Waals surface area (Å²) in [6.07, 6.45) is 5.06. The molecule has 1 saturated carbocycles. The van der Waals surface area contributed by atoms with Gasteiger partial charge in [-0.25, -0.2) is 0 Å². The quantitative estimate of drug-likeness (QED) is 0.897. The van der Waals surface area contributed by atoms with E-state index in [0.29, 0.717) is 5.41 Å².